The molecule has 0 aromatic heterocycles. The van der Waals surface area contributed by atoms with Crippen LogP contribution in [0.1, 0.15) is 25.0 Å². The van der Waals surface area contributed by atoms with Crippen molar-refractivity contribution in [1.29, 1.82) is 0 Å². The van der Waals surface area contributed by atoms with Gasteiger partial charge in [0.15, 0.2) is 0 Å². The number of rotatable bonds is 4. The standard InChI is InChI=1S/C17H18BrNO/c1-17(2,12-13-6-4-3-5-7-13)16(19-20)14-8-10-15(18)11-9-14/h3-11,20H,12H2,1-2H3/b19-16+. The third-order valence-corrected chi connectivity index (χ3v) is 3.88. The van der Waals surface area contributed by atoms with Crippen LogP contribution in [0.4, 0.5) is 0 Å². The Balaban J connectivity index is 2.28. The lowest BCUT2D eigenvalue weighted by Gasteiger charge is -2.26. The maximum atomic E-state index is 9.44. The molecule has 0 saturated heterocycles. The molecule has 2 aromatic rings. The molecule has 0 aliphatic carbocycles. The highest BCUT2D eigenvalue weighted by Gasteiger charge is 2.27. The van der Waals surface area contributed by atoms with E-state index in [0.29, 0.717) is 5.71 Å². The molecule has 2 aromatic carbocycles. The minimum absolute atomic E-state index is 0.246. The fraction of sp³-hybridized carbons (Fsp3) is 0.235. The van der Waals surface area contributed by atoms with Gasteiger partial charge in [0, 0.05) is 9.89 Å². The molecule has 2 rings (SSSR count). The highest BCUT2D eigenvalue weighted by Crippen LogP contribution is 2.28. The summed E-state index contributed by atoms with van der Waals surface area (Å²) in [5.74, 6) is 0. The van der Waals surface area contributed by atoms with Crippen LogP contribution in [0.15, 0.2) is 64.2 Å². The van der Waals surface area contributed by atoms with E-state index in [2.05, 4.69) is 47.1 Å². The molecule has 0 heterocycles. The summed E-state index contributed by atoms with van der Waals surface area (Å²) in [5.41, 5.74) is 2.63. The number of halogens is 1. The SMILES string of the molecule is CC(C)(Cc1ccccc1)/C(=N/O)c1ccc(Br)cc1. The van der Waals surface area contributed by atoms with Gasteiger partial charge in [0.05, 0.1) is 5.71 Å². The van der Waals surface area contributed by atoms with Crippen molar-refractivity contribution in [2.45, 2.75) is 20.3 Å². The zero-order valence-corrected chi connectivity index (χ0v) is 13.3. The van der Waals surface area contributed by atoms with Gasteiger partial charge in [0.25, 0.3) is 0 Å². The summed E-state index contributed by atoms with van der Waals surface area (Å²) >= 11 is 3.42. The van der Waals surface area contributed by atoms with Crippen LogP contribution in [0.5, 0.6) is 0 Å². The summed E-state index contributed by atoms with van der Waals surface area (Å²) in [6.45, 7) is 4.19. The van der Waals surface area contributed by atoms with Crippen molar-refractivity contribution in [2.24, 2.45) is 10.6 Å². The molecule has 104 valence electrons. The maximum absolute atomic E-state index is 9.44. The second-order valence-corrected chi connectivity index (χ2v) is 6.42. The summed E-state index contributed by atoms with van der Waals surface area (Å²) < 4.78 is 1.01. The van der Waals surface area contributed by atoms with Crippen molar-refractivity contribution in [2.75, 3.05) is 0 Å². The van der Waals surface area contributed by atoms with Crippen molar-refractivity contribution < 1.29 is 5.21 Å². The van der Waals surface area contributed by atoms with Gasteiger partial charge < -0.3 is 5.21 Å². The first kappa shape index (κ1) is 14.8. The zero-order chi connectivity index (χ0) is 14.6. The topological polar surface area (TPSA) is 32.6 Å². The Hall–Kier alpha value is -1.61. The Bertz CT molecular complexity index is 588. The van der Waals surface area contributed by atoms with Crippen LogP contribution in [0.2, 0.25) is 0 Å². The molecular formula is C17H18BrNO. The van der Waals surface area contributed by atoms with Gasteiger partial charge in [-0.05, 0) is 29.7 Å². The van der Waals surface area contributed by atoms with Gasteiger partial charge in [0.1, 0.15) is 0 Å². The number of benzene rings is 2. The molecule has 0 spiro atoms. The van der Waals surface area contributed by atoms with Gasteiger partial charge in [-0.2, -0.15) is 0 Å². The number of hydrogen-bond acceptors (Lipinski definition) is 2. The molecule has 0 saturated carbocycles. The molecule has 0 aliphatic rings. The Kier molecular flexibility index (Phi) is 4.61. The van der Waals surface area contributed by atoms with E-state index in [1.165, 1.54) is 5.56 Å². The molecule has 3 heteroatoms. The van der Waals surface area contributed by atoms with Crippen LogP contribution < -0.4 is 0 Å². The molecule has 2 nitrogen and oxygen atoms in total. The normalized spacial score (nSPS) is 12.4. The average molecular weight is 332 g/mol. The average Bonchev–Trinajstić information content (AvgIpc) is 2.42. The van der Waals surface area contributed by atoms with Gasteiger partial charge >= 0.3 is 0 Å². The van der Waals surface area contributed by atoms with Crippen molar-refractivity contribution >= 4 is 21.6 Å². The fourth-order valence-electron chi connectivity index (χ4n) is 2.38. The monoisotopic (exact) mass is 331 g/mol. The van der Waals surface area contributed by atoms with Gasteiger partial charge in [-0.15, -0.1) is 0 Å². The van der Waals surface area contributed by atoms with Crippen molar-refractivity contribution in [3.05, 3.63) is 70.2 Å². The predicted molar refractivity (Wildman–Crippen MR) is 86.4 cm³/mol. The fourth-order valence-corrected chi connectivity index (χ4v) is 2.65. The lowest BCUT2D eigenvalue weighted by atomic mass is 9.78. The molecular weight excluding hydrogens is 314 g/mol. The Morgan fingerprint density at radius 2 is 1.65 bits per heavy atom. The van der Waals surface area contributed by atoms with E-state index in [4.69, 9.17) is 0 Å². The number of hydrogen-bond donors (Lipinski definition) is 1. The van der Waals surface area contributed by atoms with Crippen LogP contribution in [0.25, 0.3) is 0 Å². The van der Waals surface area contributed by atoms with E-state index in [0.717, 1.165) is 16.5 Å². The number of nitrogens with zero attached hydrogens (tertiary/aromatic N) is 1. The van der Waals surface area contributed by atoms with Crippen molar-refractivity contribution in [3.8, 4) is 0 Å². The van der Waals surface area contributed by atoms with Crippen molar-refractivity contribution in [3.63, 3.8) is 0 Å². The number of oxime groups is 1. The molecule has 0 radical (unpaired) electrons. The van der Waals surface area contributed by atoms with E-state index >= 15 is 0 Å². The minimum Gasteiger partial charge on any atom is -0.411 e. The van der Waals surface area contributed by atoms with E-state index < -0.39 is 0 Å². The van der Waals surface area contributed by atoms with E-state index in [1.54, 1.807) is 0 Å². The van der Waals surface area contributed by atoms with Gasteiger partial charge in [-0.25, -0.2) is 0 Å². The second kappa shape index (κ2) is 6.23. The summed E-state index contributed by atoms with van der Waals surface area (Å²) in [7, 11) is 0. The summed E-state index contributed by atoms with van der Waals surface area (Å²) in [6.07, 6.45) is 0.823. The highest BCUT2D eigenvalue weighted by molar-refractivity contribution is 9.10. The molecule has 0 aliphatic heterocycles. The summed E-state index contributed by atoms with van der Waals surface area (Å²) in [5, 5.41) is 13.0. The predicted octanol–water partition coefficient (Wildman–Crippen LogP) is 4.90. The van der Waals surface area contributed by atoms with Crippen LogP contribution in [-0.2, 0) is 6.42 Å². The molecule has 0 fully saturated rings. The smallest absolute Gasteiger partial charge is 0.0927 e. The van der Waals surface area contributed by atoms with E-state index in [-0.39, 0.29) is 5.41 Å². The van der Waals surface area contributed by atoms with Gasteiger partial charge in [-0.1, -0.05) is 77.4 Å². The highest BCUT2D eigenvalue weighted by atomic mass is 79.9. The van der Waals surface area contributed by atoms with Crippen LogP contribution in [0, 0.1) is 5.41 Å². The van der Waals surface area contributed by atoms with E-state index in [1.807, 2.05) is 42.5 Å². The second-order valence-electron chi connectivity index (χ2n) is 5.50. The third-order valence-electron chi connectivity index (χ3n) is 3.35. The van der Waals surface area contributed by atoms with Crippen LogP contribution in [-0.4, -0.2) is 10.9 Å². The lowest BCUT2D eigenvalue weighted by molar-refractivity contribution is 0.309. The van der Waals surface area contributed by atoms with Crippen molar-refractivity contribution in [1.82, 2.24) is 0 Å². The maximum Gasteiger partial charge on any atom is 0.0927 e. The van der Waals surface area contributed by atoms with Crippen LogP contribution in [0.3, 0.4) is 0 Å². The molecule has 1 N–H and O–H groups in total. The Morgan fingerprint density at radius 3 is 2.20 bits per heavy atom. The third kappa shape index (κ3) is 3.48. The summed E-state index contributed by atoms with van der Waals surface area (Å²) in [4.78, 5) is 0. The Morgan fingerprint density at radius 1 is 1.05 bits per heavy atom. The first-order valence-corrected chi connectivity index (χ1v) is 7.34. The quantitative estimate of drug-likeness (QED) is 0.482. The Labute approximate surface area is 128 Å². The van der Waals surface area contributed by atoms with E-state index in [9.17, 15) is 5.21 Å². The molecule has 20 heavy (non-hydrogen) atoms. The molecule has 0 bridgehead atoms. The first-order valence-electron chi connectivity index (χ1n) is 6.55. The first-order chi connectivity index (χ1) is 9.53. The van der Waals surface area contributed by atoms with Gasteiger partial charge in [0.2, 0.25) is 0 Å². The molecule has 0 atom stereocenters. The molecule has 0 amide bonds. The zero-order valence-electron chi connectivity index (χ0n) is 11.7. The van der Waals surface area contributed by atoms with Crippen LogP contribution >= 0.6 is 15.9 Å². The van der Waals surface area contributed by atoms with Gasteiger partial charge in [-0.3, -0.25) is 0 Å². The largest absolute Gasteiger partial charge is 0.411 e. The minimum atomic E-state index is -0.246. The molecule has 0 unspecified atom stereocenters. The summed E-state index contributed by atoms with van der Waals surface area (Å²) in [6, 6.07) is 18.1. The lowest BCUT2D eigenvalue weighted by Crippen LogP contribution is -2.28.